The molecule has 1 aliphatic carbocycles. The fourth-order valence-electron chi connectivity index (χ4n) is 4.18. The van der Waals surface area contributed by atoms with Gasteiger partial charge in [0.05, 0.1) is 10.3 Å². The second kappa shape index (κ2) is 5.66. The van der Waals surface area contributed by atoms with E-state index in [1.165, 1.54) is 43.4 Å². The van der Waals surface area contributed by atoms with Crippen molar-refractivity contribution in [2.75, 3.05) is 0 Å². The molecule has 0 aromatic carbocycles. The topological polar surface area (TPSA) is 48.0 Å². The number of hydrogen-bond acceptors (Lipinski definition) is 4. The summed E-state index contributed by atoms with van der Waals surface area (Å²) in [6.45, 7) is 4.41. The first-order valence-electron chi connectivity index (χ1n) is 9.00. The minimum Gasteiger partial charge on any atom is -0.326 e. The van der Waals surface area contributed by atoms with Crippen molar-refractivity contribution < 1.29 is 0 Å². The number of hydrogen-bond donors (Lipinski definition) is 0. The van der Waals surface area contributed by atoms with Gasteiger partial charge in [0.25, 0.3) is 0 Å². The molecule has 4 aromatic rings. The Balaban J connectivity index is 1.76. The molecule has 0 spiro atoms. The number of aromatic nitrogens is 5. The molecule has 0 unspecified atom stereocenters. The molecule has 0 N–H and O–H groups in total. The van der Waals surface area contributed by atoms with E-state index in [-0.39, 0.29) is 0 Å². The van der Waals surface area contributed by atoms with Crippen molar-refractivity contribution in [3.05, 3.63) is 35.1 Å². The van der Waals surface area contributed by atoms with Crippen LogP contribution in [0.3, 0.4) is 0 Å². The van der Waals surface area contributed by atoms with Crippen LogP contribution in [0.15, 0.2) is 23.8 Å². The van der Waals surface area contributed by atoms with E-state index >= 15 is 0 Å². The highest BCUT2D eigenvalue weighted by Crippen LogP contribution is 2.36. The van der Waals surface area contributed by atoms with Crippen LogP contribution in [0.4, 0.5) is 0 Å². The van der Waals surface area contributed by atoms with E-state index in [0.29, 0.717) is 6.04 Å². The minimum absolute atomic E-state index is 0.569. The van der Waals surface area contributed by atoms with E-state index in [1.54, 1.807) is 11.3 Å². The normalized spacial score (nSPS) is 16.2. The van der Waals surface area contributed by atoms with E-state index < -0.39 is 0 Å². The maximum Gasteiger partial charge on any atom is 0.192 e. The summed E-state index contributed by atoms with van der Waals surface area (Å²) in [6.07, 6.45) is 8.32. The van der Waals surface area contributed by atoms with Gasteiger partial charge in [-0.2, -0.15) is 0 Å². The highest BCUT2D eigenvalue weighted by Gasteiger charge is 2.24. The molecule has 128 valence electrons. The number of fused-ring (bicyclic) bond motifs is 3. The Morgan fingerprint density at radius 1 is 1.12 bits per heavy atom. The van der Waals surface area contributed by atoms with Crippen LogP contribution in [0.25, 0.3) is 27.4 Å². The lowest BCUT2D eigenvalue weighted by Gasteiger charge is -2.25. The van der Waals surface area contributed by atoms with Crippen LogP contribution in [0, 0.1) is 13.8 Å². The van der Waals surface area contributed by atoms with Crippen molar-refractivity contribution in [1.29, 1.82) is 0 Å². The van der Waals surface area contributed by atoms with Crippen LogP contribution in [0.2, 0.25) is 0 Å². The number of rotatable bonds is 2. The Labute approximate surface area is 150 Å². The molecule has 6 heteroatoms. The zero-order valence-corrected chi connectivity index (χ0v) is 15.4. The number of thiophene rings is 1. The molecular weight excluding hydrogens is 330 g/mol. The standard InChI is InChI=1S/C19H21N5S/c1-12-13(2)24(14-7-4-3-5-8-14)18-16(12)19-21-17(15-9-6-10-25-15)22-23(19)11-20-18/h6,9-11,14H,3-5,7-8H2,1-2H3. The van der Waals surface area contributed by atoms with Gasteiger partial charge in [-0.15, -0.1) is 16.4 Å². The summed E-state index contributed by atoms with van der Waals surface area (Å²) in [6, 6.07) is 4.67. The fourth-order valence-corrected chi connectivity index (χ4v) is 4.84. The molecule has 0 bridgehead atoms. The molecule has 1 aliphatic rings. The Kier molecular flexibility index (Phi) is 3.41. The Morgan fingerprint density at radius 2 is 1.96 bits per heavy atom. The molecular formula is C19H21N5S. The van der Waals surface area contributed by atoms with Gasteiger partial charge in [0.15, 0.2) is 11.5 Å². The summed E-state index contributed by atoms with van der Waals surface area (Å²) in [7, 11) is 0. The largest absolute Gasteiger partial charge is 0.326 e. The molecule has 25 heavy (non-hydrogen) atoms. The highest BCUT2D eigenvalue weighted by molar-refractivity contribution is 7.13. The summed E-state index contributed by atoms with van der Waals surface area (Å²) in [5, 5.41) is 7.86. The maximum atomic E-state index is 4.85. The second-order valence-electron chi connectivity index (χ2n) is 7.00. The highest BCUT2D eigenvalue weighted by atomic mass is 32.1. The van der Waals surface area contributed by atoms with Gasteiger partial charge in [0.1, 0.15) is 12.0 Å². The van der Waals surface area contributed by atoms with E-state index in [2.05, 4.69) is 35.0 Å². The summed E-state index contributed by atoms with van der Waals surface area (Å²) >= 11 is 1.67. The molecule has 1 fully saturated rings. The average Bonchev–Trinajstić information content (AvgIpc) is 3.35. The predicted molar refractivity (Wildman–Crippen MR) is 101 cm³/mol. The fraction of sp³-hybridized carbons (Fsp3) is 0.421. The summed E-state index contributed by atoms with van der Waals surface area (Å²) in [5.41, 5.74) is 4.59. The zero-order valence-electron chi connectivity index (χ0n) is 14.6. The van der Waals surface area contributed by atoms with Crippen molar-refractivity contribution in [3.8, 4) is 10.7 Å². The Hall–Kier alpha value is -2.21. The third kappa shape index (κ3) is 2.24. The number of aryl methyl sites for hydroxylation is 1. The van der Waals surface area contributed by atoms with Crippen molar-refractivity contribution in [2.45, 2.75) is 52.0 Å². The van der Waals surface area contributed by atoms with Crippen LogP contribution >= 0.6 is 11.3 Å². The summed E-state index contributed by atoms with van der Waals surface area (Å²) in [5.74, 6) is 0.784. The quantitative estimate of drug-likeness (QED) is 0.514. The van der Waals surface area contributed by atoms with E-state index in [4.69, 9.17) is 9.97 Å². The average molecular weight is 351 g/mol. The zero-order chi connectivity index (χ0) is 17.0. The molecule has 0 atom stereocenters. The van der Waals surface area contributed by atoms with Crippen LogP contribution < -0.4 is 0 Å². The van der Waals surface area contributed by atoms with Crippen LogP contribution in [0.5, 0.6) is 0 Å². The van der Waals surface area contributed by atoms with Gasteiger partial charge in [-0.05, 0) is 43.7 Å². The van der Waals surface area contributed by atoms with Crippen molar-refractivity contribution in [2.24, 2.45) is 0 Å². The van der Waals surface area contributed by atoms with Gasteiger partial charge in [0, 0.05) is 11.7 Å². The van der Waals surface area contributed by atoms with Crippen molar-refractivity contribution in [3.63, 3.8) is 0 Å². The molecule has 0 radical (unpaired) electrons. The lowest BCUT2D eigenvalue weighted by Crippen LogP contribution is -2.14. The lowest BCUT2D eigenvalue weighted by molar-refractivity contribution is 0.355. The monoisotopic (exact) mass is 351 g/mol. The third-order valence-corrected chi connectivity index (χ3v) is 6.42. The van der Waals surface area contributed by atoms with Gasteiger partial charge in [0.2, 0.25) is 0 Å². The van der Waals surface area contributed by atoms with Gasteiger partial charge in [-0.25, -0.2) is 14.5 Å². The second-order valence-corrected chi connectivity index (χ2v) is 7.94. The molecule has 4 heterocycles. The molecule has 4 aromatic heterocycles. The molecule has 1 saturated carbocycles. The summed E-state index contributed by atoms with van der Waals surface area (Å²) < 4.78 is 4.29. The van der Waals surface area contributed by atoms with Crippen LogP contribution in [-0.4, -0.2) is 24.1 Å². The Bertz CT molecular complexity index is 1050. The smallest absolute Gasteiger partial charge is 0.192 e. The van der Waals surface area contributed by atoms with Crippen LogP contribution in [0.1, 0.15) is 49.4 Å². The first kappa shape index (κ1) is 15.1. The molecule has 5 nitrogen and oxygen atoms in total. The van der Waals surface area contributed by atoms with Crippen molar-refractivity contribution >= 4 is 28.0 Å². The maximum absolute atomic E-state index is 4.85. The van der Waals surface area contributed by atoms with Gasteiger partial charge >= 0.3 is 0 Å². The SMILES string of the molecule is Cc1c(C)n(C2CCCCC2)c2ncn3nc(-c4cccs4)nc3c12. The van der Waals surface area contributed by atoms with Gasteiger partial charge < -0.3 is 4.57 Å². The molecule has 0 amide bonds. The molecule has 5 rings (SSSR count). The van der Waals surface area contributed by atoms with E-state index in [9.17, 15) is 0 Å². The predicted octanol–water partition coefficient (Wildman–Crippen LogP) is 4.93. The van der Waals surface area contributed by atoms with E-state index in [1.807, 2.05) is 16.9 Å². The van der Waals surface area contributed by atoms with Crippen LogP contribution in [-0.2, 0) is 0 Å². The third-order valence-electron chi connectivity index (χ3n) is 5.56. The molecule has 0 saturated heterocycles. The number of nitrogens with zero attached hydrogens (tertiary/aromatic N) is 5. The van der Waals surface area contributed by atoms with Crippen molar-refractivity contribution in [1.82, 2.24) is 24.1 Å². The summed E-state index contributed by atoms with van der Waals surface area (Å²) in [4.78, 5) is 10.7. The van der Waals surface area contributed by atoms with Gasteiger partial charge in [-0.3, -0.25) is 0 Å². The lowest BCUT2D eigenvalue weighted by atomic mass is 9.95. The minimum atomic E-state index is 0.569. The first-order valence-corrected chi connectivity index (χ1v) is 9.88. The Morgan fingerprint density at radius 3 is 2.72 bits per heavy atom. The first-order chi connectivity index (χ1) is 12.2. The van der Waals surface area contributed by atoms with Gasteiger partial charge in [-0.1, -0.05) is 25.3 Å². The van der Waals surface area contributed by atoms with E-state index in [0.717, 1.165) is 27.4 Å². The molecule has 0 aliphatic heterocycles.